The van der Waals surface area contributed by atoms with Crippen LogP contribution in [0, 0.1) is 13.8 Å². The van der Waals surface area contributed by atoms with Crippen molar-refractivity contribution < 1.29 is 14.6 Å². The van der Waals surface area contributed by atoms with Crippen molar-refractivity contribution in [3.05, 3.63) is 53.1 Å². The van der Waals surface area contributed by atoms with Gasteiger partial charge < -0.3 is 9.84 Å². The number of ether oxygens (including phenoxy) is 1. The van der Waals surface area contributed by atoms with Crippen molar-refractivity contribution in [3.63, 3.8) is 0 Å². The topological polar surface area (TPSA) is 72.3 Å². The van der Waals surface area contributed by atoms with Gasteiger partial charge in [-0.05, 0) is 31.5 Å². The summed E-state index contributed by atoms with van der Waals surface area (Å²) in [7, 11) is 0. The molecule has 0 radical (unpaired) electrons. The normalized spacial score (nSPS) is 10.2. The first-order valence-corrected chi connectivity index (χ1v) is 5.82. The highest BCUT2D eigenvalue weighted by Gasteiger charge is 2.09. The van der Waals surface area contributed by atoms with Crippen LogP contribution in [0.4, 0.5) is 0 Å². The zero-order valence-corrected chi connectivity index (χ0v) is 10.8. The number of rotatable bonds is 4. The number of carbonyl (C=O) groups is 1. The SMILES string of the molecule is Cc1cc(COc2ccccc2C)nc(C(=O)O)n1. The summed E-state index contributed by atoms with van der Waals surface area (Å²) in [6, 6.07) is 9.34. The Bertz CT molecular complexity index is 611. The molecular formula is C14H14N2O3. The van der Waals surface area contributed by atoms with Gasteiger partial charge in [0.2, 0.25) is 5.82 Å². The van der Waals surface area contributed by atoms with E-state index in [9.17, 15) is 4.79 Å². The van der Waals surface area contributed by atoms with Crippen LogP contribution in [0.1, 0.15) is 27.6 Å². The molecule has 5 heteroatoms. The van der Waals surface area contributed by atoms with Crippen LogP contribution < -0.4 is 4.74 Å². The van der Waals surface area contributed by atoms with Crippen LogP contribution in [0.3, 0.4) is 0 Å². The molecule has 0 spiro atoms. The van der Waals surface area contributed by atoms with E-state index in [4.69, 9.17) is 9.84 Å². The summed E-state index contributed by atoms with van der Waals surface area (Å²) in [5.74, 6) is -0.583. The molecule has 2 aromatic rings. The Morgan fingerprint density at radius 2 is 2.00 bits per heavy atom. The number of carboxylic acids is 1. The third-order valence-corrected chi connectivity index (χ3v) is 2.57. The third-order valence-electron chi connectivity index (χ3n) is 2.57. The van der Waals surface area contributed by atoms with Gasteiger partial charge in [0.05, 0.1) is 5.69 Å². The second-order valence-corrected chi connectivity index (χ2v) is 4.18. The maximum atomic E-state index is 10.9. The molecule has 1 heterocycles. The molecule has 0 amide bonds. The van der Waals surface area contributed by atoms with Crippen LogP contribution in [-0.2, 0) is 6.61 Å². The van der Waals surface area contributed by atoms with Crippen LogP contribution >= 0.6 is 0 Å². The van der Waals surface area contributed by atoms with Crippen LogP contribution in [0.15, 0.2) is 30.3 Å². The molecule has 1 aromatic carbocycles. The molecule has 0 atom stereocenters. The predicted octanol–water partition coefficient (Wildman–Crippen LogP) is 2.37. The van der Waals surface area contributed by atoms with Crippen molar-refractivity contribution in [2.75, 3.05) is 0 Å². The molecule has 0 aliphatic rings. The molecule has 1 N–H and O–H groups in total. The molecule has 5 nitrogen and oxygen atoms in total. The molecule has 0 bridgehead atoms. The molecule has 0 unspecified atom stereocenters. The zero-order chi connectivity index (χ0) is 13.8. The molecule has 0 fully saturated rings. The first-order chi connectivity index (χ1) is 9.06. The molecule has 0 saturated heterocycles. The first-order valence-electron chi connectivity index (χ1n) is 5.82. The van der Waals surface area contributed by atoms with E-state index in [-0.39, 0.29) is 12.4 Å². The lowest BCUT2D eigenvalue weighted by atomic mass is 10.2. The quantitative estimate of drug-likeness (QED) is 0.911. The van der Waals surface area contributed by atoms with Crippen molar-refractivity contribution in [3.8, 4) is 5.75 Å². The number of benzene rings is 1. The minimum absolute atomic E-state index is 0.205. The molecule has 0 saturated carbocycles. The van der Waals surface area contributed by atoms with Gasteiger partial charge in [-0.2, -0.15) is 0 Å². The third kappa shape index (κ3) is 3.28. The monoisotopic (exact) mass is 258 g/mol. The van der Waals surface area contributed by atoms with Gasteiger partial charge in [0.15, 0.2) is 0 Å². The number of hydrogen-bond acceptors (Lipinski definition) is 4. The van der Waals surface area contributed by atoms with Crippen molar-refractivity contribution >= 4 is 5.97 Å². The summed E-state index contributed by atoms with van der Waals surface area (Å²) in [4.78, 5) is 18.6. The zero-order valence-electron chi connectivity index (χ0n) is 10.8. The van der Waals surface area contributed by atoms with Gasteiger partial charge in [0.25, 0.3) is 0 Å². The standard InChI is InChI=1S/C14H14N2O3/c1-9-5-3-4-6-12(9)19-8-11-7-10(2)15-13(16-11)14(17)18/h3-7H,8H2,1-2H3,(H,17,18). The molecule has 1 aromatic heterocycles. The van der Waals surface area contributed by atoms with Crippen molar-refractivity contribution in [2.45, 2.75) is 20.5 Å². The number of hydrogen-bond donors (Lipinski definition) is 1. The van der Waals surface area contributed by atoms with E-state index in [1.807, 2.05) is 31.2 Å². The minimum atomic E-state index is -1.14. The summed E-state index contributed by atoms with van der Waals surface area (Å²) >= 11 is 0. The lowest BCUT2D eigenvalue weighted by Crippen LogP contribution is -2.09. The second-order valence-electron chi connectivity index (χ2n) is 4.18. The average molecular weight is 258 g/mol. The Kier molecular flexibility index (Phi) is 3.75. The number of carboxylic acid groups (broad SMARTS) is 1. The van der Waals surface area contributed by atoms with Gasteiger partial charge in [0.1, 0.15) is 12.4 Å². The van der Waals surface area contributed by atoms with E-state index >= 15 is 0 Å². The van der Waals surface area contributed by atoms with Gasteiger partial charge >= 0.3 is 5.97 Å². The van der Waals surface area contributed by atoms with Crippen LogP contribution in [-0.4, -0.2) is 21.0 Å². The van der Waals surface area contributed by atoms with Crippen molar-refractivity contribution in [1.29, 1.82) is 0 Å². The van der Waals surface area contributed by atoms with Gasteiger partial charge in [-0.3, -0.25) is 0 Å². The Labute approximate surface area is 110 Å². The van der Waals surface area contributed by atoms with E-state index in [2.05, 4.69) is 9.97 Å². The van der Waals surface area contributed by atoms with Crippen molar-refractivity contribution in [2.24, 2.45) is 0 Å². The molecule has 98 valence electrons. The fourth-order valence-corrected chi connectivity index (χ4v) is 1.67. The van der Waals surface area contributed by atoms with E-state index in [0.29, 0.717) is 11.4 Å². The highest BCUT2D eigenvalue weighted by atomic mass is 16.5. The maximum Gasteiger partial charge on any atom is 0.373 e. The number of aryl methyl sites for hydroxylation is 2. The number of nitrogens with zero attached hydrogens (tertiary/aromatic N) is 2. The molecule has 19 heavy (non-hydrogen) atoms. The number of aromatic nitrogens is 2. The summed E-state index contributed by atoms with van der Waals surface area (Å²) in [6.07, 6.45) is 0. The van der Waals surface area contributed by atoms with E-state index in [1.54, 1.807) is 13.0 Å². The Balaban J connectivity index is 2.16. The highest BCUT2D eigenvalue weighted by Crippen LogP contribution is 2.17. The van der Waals surface area contributed by atoms with Crippen LogP contribution in [0.2, 0.25) is 0 Å². The second kappa shape index (κ2) is 5.48. The molecule has 0 aliphatic heterocycles. The Hall–Kier alpha value is -2.43. The lowest BCUT2D eigenvalue weighted by Gasteiger charge is -2.09. The Morgan fingerprint density at radius 3 is 2.68 bits per heavy atom. The van der Waals surface area contributed by atoms with Crippen molar-refractivity contribution in [1.82, 2.24) is 9.97 Å². The summed E-state index contributed by atoms with van der Waals surface area (Å²) in [5.41, 5.74) is 2.18. The fraction of sp³-hybridized carbons (Fsp3) is 0.214. The molecule has 2 rings (SSSR count). The van der Waals surface area contributed by atoms with Gasteiger partial charge in [0, 0.05) is 5.69 Å². The maximum absolute atomic E-state index is 10.9. The van der Waals surface area contributed by atoms with Crippen LogP contribution in [0.5, 0.6) is 5.75 Å². The highest BCUT2D eigenvalue weighted by molar-refractivity contribution is 5.83. The predicted molar refractivity (Wildman–Crippen MR) is 69.2 cm³/mol. The summed E-state index contributed by atoms with van der Waals surface area (Å²) in [6.45, 7) is 3.89. The first kappa shape index (κ1) is 13.0. The van der Waals surface area contributed by atoms with Gasteiger partial charge in [-0.25, -0.2) is 14.8 Å². The molecular weight excluding hydrogens is 244 g/mol. The van der Waals surface area contributed by atoms with Gasteiger partial charge in [-0.1, -0.05) is 18.2 Å². The molecule has 0 aliphatic carbocycles. The summed E-state index contributed by atoms with van der Waals surface area (Å²) < 4.78 is 5.63. The van der Waals surface area contributed by atoms with Gasteiger partial charge in [-0.15, -0.1) is 0 Å². The fourth-order valence-electron chi connectivity index (χ4n) is 1.67. The van der Waals surface area contributed by atoms with E-state index in [0.717, 1.165) is 11.3 Å². The van der Waals surface area contributed by atoms with Crippen LogP contribution in [0.25, 0.3) is 0 Å². The van der Waals surface area contributed by atoms with E-state index in [1.165, 1.54) is 0 Å². The number of para-hydroxylation sites is 1. The minimum Gasteiger partial charge on any atom is -0.487 e. The Morgan fingerprint density at radius 1 is 1.26 bits per heavy atom. The van der Waals surface area contributed by atoms with E-state index < -0.39 is 5.97 Å². The largest absolute Gasteiger partial charge is 0.487 e. The lowest BCUT2D eigenvalue weighted by molar-refractivity contribution is 0.0682. The number of aromatic carboxylic acids is 1. The summed E-state index contributed by atoms with van der Waals surface area (Å²) in [5, 5.41) is 8.90. The smallest absolute Gasteiger partial charge is 0.373 e. The average Bonchev–Trinajstić information content (AvgIpc) is 2.37.